The monoisotopic (exact) mass is 516 g/mol. The van der Waals surface area contributed by atoms with E-state index in [0.29, 0.717) is 25.3 Å². The molecule has 0 fully saturated rings. The molecule has 0 saturated heterocycles. The van der Waals surface area contributed by atoms with E-state index < -0.39 is 6.04 Å². The highest BCUT2D eigenvalue weighted by molar-refractivity contribution is 9.10. The summed E-state index contributed by atoms with van der Waals surface area (Å²) in [5.74, 6) is 0.258. The molecule has 180 valence electrons. The molecule has 6 heteroatoms. The number of amides is 2. The van der Waals surface area contributed by atoms with Gasteiger partial charge in [-0.3, -0.25) is 9.59 Å². The molecule has 2 amide bonds. The number of ether oxygens (including phenoxy) is 1. The van der Waals surface area contributed by atoms with Gasteiger partial charge in [-0.25, -0.2) is 0 Å². The van der Waals surface area contributed by atoms with Crippen LogP contribution in [0.15, 0.2) is 46.9 Å². The van der Waals surface area contributed by atoms with Crippen molar-refractivity contribution in [2.24, 2.45) is 0 Å². The molecule has 0 aliphatic heterocycles. The summed E-state index contributed by atoms with van der Waals surface area (Å²) in [5.41, 5.74) is 3.29. The van der Waals surface area contributed by atoms with Crippen LogP contribution in [0.3, 0.4) is 0 Å². The number of hydrogen-bond donors (Lipinski definition) is 1. The van der Waals surface area contributed by atoms with E-state index in [1.54, 1.807) is 4.90 Å². The first kappa shape index (κ1) is 26.9. The number of nitrogens with one attached hydrogen (secondary N) is 1. The smallest absolute Gasteiger partial charge is 0.261 e. The Hall–Kier alpha value is -2.34. The van der Waals surface area contributed by atoms with Crippen LogP contribution in [0, 0.1) is 6.92 Å². The van der Waals surface area contributed by atoms with Crippen LogP contribution < -0.4 is 10.1 Å². The van der Waals surface area contributed by atoms with E-state index in [1.165, 1.54) is 5.56 Å². The summed E-state index contributed by atoms with van der Waals surface area (Å²) in [4.78, 5) is 27.8. The maximum absolute atomic E-state index is 13.3. The van der Waals surface area contributed by atoms with Crippen LogP contribution in [0.1, 0.15) is 64.2 Å². The molecule has 0 bridgehead atoms. The van der Waals surface area contributed by atoms with E-state index >= 15 is 0 Å². The molecule has 0 aromatic heterocycles. The van der Waals surface area contributed by atoms with E-state index in [2.05, 4.69) is 42.0 Å². The SMILES string of the molecule is CCCNC(=O)[C@H](CC)N(Cc1cccc(C)c1)C(=O)COc1ccc(C(C)(C)C)cc1Br. The quantitative estimate of drug-likeness (QED) is 0.436. The van der Waals surface area contributed by atoms with E-state index in [4.69, 9.17) is 4.74 Å². The standard InChI is InChI=1S/C27H37BrN2O3/c1-7-14-29-26(32)23(8-2)30(17-20-11-9-10-19(3)15-20)25(31)18-33-24-13-12-21(16-22(24)28)27(4,5)6/h9-13,15-16,23H,7-8,14,17-18H2,1-6H3,(H,29,32)/t23-/m0/s1. The van der Waals surface area contributed by atoms with E-state index in [1.807, 2.05) is 63.2 Å². The lowest BCUT2D eigenvalue weighted by atomic mass is 9.87. The minimum Gasteiger partial charge on any atom is -0.483 e. The third kappa shape index (κ3) is 7.88. The number of benzene rings is 2. The highest BCUT2D eigenvalue weighted by Gasteiger charge is 2.29. The summed E-state index contributed by atoms with van der Waals surface area (Å²) >= 11 is 3.57. The molecule has 1 N–H and O–H groups in total. The van der Waals surface area contributed by atoms with Gasteiger partial charge in [0, 0.05) is 13.1 Å². The summed E-state index contributed by atoms with van der Waals surface area (Å²) in [6.45, 7) is 13.2. The first-order valence-corrected chi connectivity index (χ1v) is 12.4. The Balaban J connectivity index is 2.22. The highest BCUT2D eigenvalue weighted by Crippen LogP contribution is 2.31. The van der Waals surface area contributed by atoms with Gasteiger partial charge in [0.2, 0.25) is 5.91 Å². The Morgan fingerprint density at radius 1 is 1.12 bits per heavy atom. The number of nitrogens with zero attached hydrogens (tertiary/aromatic N) is 1. The second kappa shape index (κ2) is 12.2. The Morgan fingerprint density at radius 3 is 2.42 bits per heavy atom. The summed E-state index contributed by atoms with van der Waals surface area (Å²) in [6.07, 6.45) is 1.37. The van der Waals surface area contributed by atoms with Crippen molar-refractivity contribution in [2.45, 2.75) is 72.4 Å². The van der Waals surface area contributed by atoms with Crippen LogP contribution in [0.5, 0.6) is 5.75 Å². The van der Waals surface area contributed by atoms with E-state index in [0.717, 1.165) is 22.0 Å². The first-order chi connectivity index (χ1) is 15.6. The van der Waals surface area contributed by atoms with Gasteiger partial charge in [0.1, 0.15) is 11.8 Å². The lowest BCUT2D eigenvalue weighted by molar-refractivity contribution is -0.143. The number of carbonyl (C=O) groups is 2. The summed E-state index contributed by atoms with van der Waals surface area (Å²) in [5, 5.41) is 2.94. The van der Waals surface area contributed by atoms with Crippen molar-refractivity contribution in [1.82, 2.24) is 10.2 Å². The minimum atomic E-state index is -0.556. The maximum atomic E-state index is 13.3. The van der Waals surface area contributed by atoms with Gasteiger partial charge < -0.3 is 15.0 Å². The van der Waals surface area contributed by atoms with Crippen molar-refractivity contribution >= 4 is 27.7 Å². The molecule has 2 aromatic rings. The van der Waals surface area contributed by atoms with Gasteiger partial charge >= 0.3 is 0 Å². The first-order valence-electron chi connectivity index (χ1n) is 11.6. The van der Waals surface area contributed by atoms with Crippen LogP contribution >= 0.6 is 15.9 Å². The van der Waals surface area contributed by atoms with Crippen molar-refractivity contribution in [1.29, 1.82) is 0 Å². The number of halogens is 1. The Bertz CT molecular complexity index is 953. The Morgan fingerprint density at radius 2 is 1.85 bits per heavy atom. The van der Waals surface area contributed by atoms with Crippen LogP contribution in [-0.2, 0) is 21.5 Å². The summed E-state index contributed by atoms with van der Waals surface area (Å²) < 4.78 is 6.70. The molecule has 0 unspecified atom stereocenters. The summed E-state index contributed by atoms with van der Waals surface area (Å²) in [7, 11) is 0. The predicted molar refractivity (Wildman–Crippen MR) is 137 cm³/mol. The number of carbonyl (C=O) groups excluding carboxylic acids is 2. The van der Waals surface area contributed by atoms with Gasteiger partial charge in [-0.2, -0.15) is 0 Å². The third-order valence-corrected chi connectivity index (χ3v) is 6.14. The number of hydrogen-bond acceptors (Lipinski definition) is 3. The molecule has 0 aliphatic carbocycles. The molecule has 5 nitrogen and oxygen atoms in total. The van der Waals surface area contributed by atoms with Crippen molar-refractivity contribution in [2.75, 3.05) is 13.2 Å². The fraction of sp³-hybridized carbons (Fsp3) is 0.481. The second-order valence-corrected chi connectivity index (χ2v) is 10.3. The van der Waals surface area contributed by atoms with Crippen LogP contribution in [-0.4, -0.2) is 35.9 Å². The second-order valence-electron chi connectivity index (χ2n) is 9.41. The molecular formula is C27H37BrN2O3. The normalized spacial score (nSPS) is 12.2. The third-order valence-electron chi connectivity index (χ3n) is 5.52. The predicted octanol–water partition coefficient (Wildman–Crippen LogP) is 5.77. The Labute approximate surface area is 207 Å². The van der Waals surface area contributed by atoms with Gasteiger partial charge in [0.25, 0.3) is 5.91 Å². The topological polar surface area (TPSA) is 58.6 Å². The van der Waals surface area contributed by atoms with Crippen LogP contribution in [0.25, 0.3) is 0 Å². The Kier molecular flexibility index (Phi) is 9.96. The fourth-order valence-corrected chi connectivity index (χ4v) is 4.09. The number of rotatable bonds is 10. The van der Waals surface area contributed by atoms with Gasteiger partial charge in [-0.05, 0) is 64.4 Å². The highest BCUT2D eigenvalue weighted by atomic mass is 79.9. The van der Waals surface area contributed by atoms with Crippen LogP contribution in [0.2, 0.25) is 0 Å². The van der Waals surface area contributed by atoms with Crippen molar-refractivity contribution < 1.29 is 14.3 Å². The zero-order chi connectivity index (χ0) is 24.6. The molecule has 0 saturated carbocycles. The average Bonchev–Trinajstić information content (AvgIpc) is 2.75. The zero-order valence-electron chi connectivity index (χ0n) is 20.7. The van der Waals surface area contributed by atoms with Gasteiger partial charge in [-0.1, -0.05) is 70.5 Å². The minimum absolute atomic E-state index is 0.0156. The molecule has 1 atom stereocenters. The van der Waals surface area contributed by atoms with Gasteiger partial charge in [0.15, 0.2) is 6.61 Å². The van der Waals surface area contributed by atoms with Crippen LogP contribution in [0.4, 0.5) is 0 Å². The lowest BCUT2D eigenvalue weighted by Gasteiger charge is -2.30. The number of aryl methyl sites for hydroxylation is 1. The summed E-state index contributed by atoms with van der Waals surface area (Å²) in [6, 6.07) is 13.4. The van der Waals surface area contributed by atoms with Gasteiger partial charge in [-0.15, -0.1) is 0 Å². The van der Waals surface area contributed by atoms with Crippen molar-refractivity contribution in [3.63, 3.8) is 0 Å². The van der Waals surface area contributed by atoms with E-state index in [9.17, 15) is 9.59 Å². The largest absolute Gasteiger partial charge is 0.483 e. The molecule has 2 rings (SSSR count). The maximum Gasteiger partial charge on any atom is 0.261 e. The lowest BCUT2D eigenvalue weighted by Crippen LogP contribution is -2.50. The molecule has 0 aliphatic rings. The zero-order valence-corrected chi connectivity index (χ0v) is 22.3. The van der Waals surface area contributed by atoms with Crippen molar-refractivity contribution in [3.05, 3.63) is 63.6 Å². The molecule has 33 heavy (non-hydrogen) atoms. The molecule has 0 spiro atoms. The molecular weight excluding hydrogens is 480 g/mol. The van der Waals surface area contributed by atoms with E-state index in [-0.39, 0.29) is 23.8 Å². The fourth-order valence-electron chi connectivity index (χ4n) is 3.60. The molecule has 2 aromatic carbocycles. The molecule has 0 radical (unpaired) electrons. The average molecular weight is 518 g/mol. The van der Waals surface area contributed by atoms with Crippen molar-refractivity contribution in [3.8, 4) is 5.75 Å². The van der Waals surface area contributed by atoms with Gasteiger partial charge in [0.05, 0.1) is 4.47 Å². The molecule has 0 heterocycles.